The first-order chi connectivity index (χ1) is 9.38. The lowest BCUT2D eigenvalue weighted by Crippen LogP contribution is -2.37. The van der Waals surface area contributed by atoms with E-state index in [1.807, 2.05) is 0 Å². The van der Waals surface area contributed by atoms with E-state index in [1.165, 1.54) is 50.8 Å². The van der Waals surface area contributed by atoms with Crippen LogP contribution in [0.3, 0.4) is 0 Å². The van der Waals surface area contributed by atoms with E-state index in [4.69, 9.17) is 0 Å². The van der Waals surface area contributed by atoms with Gasteiger partial charge >= 0.3 is 0 Å². The molecule has 1 aromatic rings. The molecule has 19 heavy (non-hydrogen) atoms. The molecule has 0 aromatic heterocycles. The highest BCUT2D eigenvalue weighted by molar-refractivity contribution is 5.59. The lowest BCUT2D eigenvalue weighted by Gasteiger charge is -2.30. The average Bonchev–Trinajstić information content (AvgIpc) is 3.06. The van der Waals surface area contributed by atoms with E-state index in [-0.39, 0.29) is 0 Å². The van der Waals surface area contributed by atoms with Gasteiger partial charge in [0.25, 0.3) is 0 Å². The number of benzene rings is 1. The lowest BCUT2D eigenvalue weighted by atomic mass is 10.1. The summed E-state index contributed by atoms with van der Waals surface area (Å²) >= 11 is 0. The zero-order chi connectivity index (χ0) is 13.1. The van der Waals surface area contributed by atoms with Gasteiger partial charge in [0.1, 0.15) is 0 Å². The molecule has 1 fully saturated rings. The Morgan fingerprint density at radius 3 is 2.79 bits per heavy atom. The predicted molar refractivity (Wildman–Crippen MR) is 81.8 cm³/mol. The van der Waals surface area contributed by atoms with Crippen LogP contribution in [-0.4, -0.2) is 26.2 Å². The maximum atomic E-state index is 3.31. The molecule has 1 heterocycles. The van der Waals surface area contributed by atoms with Crippen molar-refractivity contribution in [3.8, 4) is 0 Å². The molecule has 1 saturated carbocycles. The fourth-order valence-corrected chi connectivity index (χ4v) is 3.81. The Hall–Kier alpha value is -1.02. The summed E-state index contributed by atoms with van der Waals surface area (Å²) in [6.07, 6.45) is 8.28. The molecule has 0 amide bonds. The zero-order valence-corrected chi connectivity index (χ0v) is 12.1. The molecule has 1 aromatic carbocycles. The van der Waals surface area contributed by atoms with E-state index in [9.17, 15) is 0 Å². The summed E-state index contributed by atoms with van der Waals surface area (Å²) in [6, 6.07) is 9.74. The van der Waals surface area contributed by atoms with Gasteiger partial charge in [0.15, 0.2) is 0 Å². The summed E-state index contributed by atoms with van der Waals surface area (Å²) in [5, 5.41) is 3.31. The summed E-state index contributed by atoms with van der Waals surface area (Å²) in [5.41, 5.74) is 3.07. The summed E-state index contributed by atoms with van der Waals surface area (Å²) in [7, 11) is 2.06. The van der Waals surface area contributed by atoms with Gasteiger partial charge in [-0.2, -0.15) is 0 Å². The van der Waals surface area contributed by atoms with Gasteiger partial charge in [-0.05, 0) is 56.8 Å². The van der Waals surface area contributed by atoms with Crippen LogP contribution >= 0.6 is 0 Å². The molecule has 2 nitrogen and oxygen atoms in total. The molecular weight excluding hydrogens is 232 g/mol. The van der Waals surface area contributed by atoms with Gasteiger partial charge in [0, 0.05) is 18.3 Å². The van der Waals surface area contributed by atoms with Crippen LogP contribution in [0.5, 0.6) is 0 Å². The maximum Gasteiger partial charge on any atom is 0.0402 e. The Morgan fingerprint density at radius 2 is 2.00 bits per heavy atom. The number of para-hydroxylation sites is 1. The van der Waals surface area contributed by atoms with Crippen molar-refractivity contribution in [1.29, 1.82) is 0 Å². The van der Waals surface area contributed by atoms with Crippen LogP contribution in [0.2, 0.25) is 0 Å². The Kier molecular flexibility index (Phi) is 4.07. The normalized spacial score (nSPS) is 23.0. The minimum atomic E-state index is 0.713. The van der Waals surface area contributed by atoms with E-state index >= 15 is 0 Å². The van der Waals surface area contributed by atoms with E-state index in [0.29, 0.717) is 6.04 Å². The molecule has 0 saturated heterocycles. The minimum Gasteiger partial charge on any atom is -0.368 e. The van der Waals surface area contributed by atoms with Crippen molar-refractivity contribution in [3.05, 3.63) is 29.8 Å². The molecule has 0 spiro atoms. The van der Waals surface area contributed by atoms with Crippen LogP contribution in [0.15, 0.2) is 24.3 Å². The monoisotopic (exact) mass is 258 g/mol. The second-order valence-electron chi connectivity index (χ2n) is 6.18. The van der Waals surface area contributed by atoms with Gasteiger partial charge < -0.3 is 10.2 Å². The topological polar surface area (TPSA) is 15.3 Å². The number of fused-ring (bicyclic) bond motifs is 1. The predicted octanol–water partition coefficient (Wildman–Crippen LogP) is 3.22. The van der Waals surface area contributed by atoms with Crippen molar-refractivity contribution in [1.82, 2.24) is 5.32 Å². The number of hydrogen-bond donors (Lipinski definition) is 1. The first-order valence-electron chi connectivity index (χ1n) is 7.87. The minimum absolute atomic E-state index is 0.713. The SMILES string of the molecule is CNCCC1Cc2ccccc2N1CC1CCCC1. The lowest BCUT2D eigenvalue weighted by molar-refractivity contribution is 0.480. The summed E-state index contributed by atoms with van der Waals surface area (Å²) in [6.45, 7) is 2.41. The third-order valence-corrected chi connectivity index (χ3v) is 4.85. The second-order valence-corrected chi connectivity index (χ2v) is 6.18. The summed E-state index contributed by atoms with van der Waals surface area (Å²) in [4.78, 5) is 2.71. The molecule has 3 rings (SSSR count). The van der Waals surface area contributed by atoms with Crippen LogP contribution in [0.1, 0.15) is 37.7 Å². The Bertz CT molecular complexity index is 409. The van der Waals surface area contributed by atoms with Gasteiger partial charge in [-0.1, -0.05) is 31.0 Å². The molecule has 0 bridgehead atoms. The van der Waals surface area contributed by atoms with Crippen molar-refractivity contribution in [3.63, 3.8) is 0 Å². The van der Waals surface area contributed by atoms with Gasteiger partial charge in [0.05, 0.1) is 0 Å². The molecule has 104 valence electrons. The van der Waals surface area contributed by atoms with Gasteiger partial charge in [-0.3, -0.25) is 0 Å². The molecule has 0 radical (unpaired) electrons. The molecular formula is C17H26N2. The third kappa shape index (κ3) is 2.79. The molecule has 1 aliphatic carbocycles. The number of rotatable bonds is 5. The molecule has 1 N–H and O–H groups in total. The fourth-order valence-electron chi connectivity index (χ4n) is 3.81. The fraction of sp³-hybridized carbons (Fsp3) is 0.647. The number of anilines is 1. The van der Waals surface area contributed by atoms with Crippen LogP contribution in [0, 0.1) is 5.92 Å². The first-order valence-corrected chi connectivity index (χ1v) is 7.87. The Balaban J connectivity index is 1.74. The molecule has 2 heteroatoms. The number of nitrogens with one attached hydrogen (secondary N) is 1. The van der Waals surface area contributed by atoms with E-state index < -0.39 is 0 Å². The summed E-state index contributed by atoms with van der Waals surface area (Å²) < 4.78 is 0. The average molecular weight is 258 g/mol. The van der Waals surface area contributed by atoms with Crippen molar-refractivity contribution in [2.24, 2.45) is 5.92 Å². The highest BCUT2D eigenvalue weighted by atomic mass is 15.2. The van der Waals surface area contributed by atoms with Gasteiger partial charge in [-0.25, -0.2) is 0 Å². The summed E-state index contributed by atoms with van der Waals surface area (Å²) in [5.74, 6) is 0.934. The standard InChI is InChI=1S/C17H26N2/c1-18-11-10-16-12-15-8-4-5-9-17(15)19(16)13-14-6-2-3-7-14/h4-5,8-9,14,16,18H,2-3,6-7,10-13H2,1H3. The van der Waals surface area contributed by atoms with Crippen molar-refractivity contribution in [2.45, 2.75) is 44.6 Å². The largest absolute Gasteiger partial charge is 0.368 e. The van der Waals surface area contributed by atoms with E-state index in [0.717, 1.165) is 12.5 Å². The maximum absolute atomic E-state index is 3.31. The van der Waals surface area contributed by atoms with Crippen LogP contribution in [0.25, 0.3) is 0 Å². The molecule has 1 atom stereocenters. The van der Waals surface area contributed by atoms with Crippen molar-refractivity contribution in [2.75, 3.05) is 25.0 Å². The van der Waals surface area contributed by atoms with Crippen LogP contribution < -0.4 is 10.2 Å². The van der Waals surface area contributed by atoms with E-state index in [2.05, 4.69) is 41.5 Å². The van der Waals surface area contributed by atoms with Crippen molar-refractivity contribution < 1.29 is 0 Å². The highest BCUT2D eigenvalue weighted by Gasteiger charge is 2.30. The quantitative estimate of drug-likeness (QED) is 0.872. The molecule has 2 aliphatic rings. The van der Waals surface area contributed by atoms with E-state index in [1.54, 1.807) is 5.56 Å². The first kappa shape index (κ1) is 13.0. The Labute approximate surface area is 117 Å². The van der Waals surface area contributed by atoms with Crippen LogP contribution in [-0.2, 0) is 6.42 Å². The number of hydrogen-bond acceptors (Lipinski definition) is 2. The van der Waals surface area contributed by atoms with Gasteiger partial charge in [-0.15, -0.1) is 0 Å². The van der Waals surface area contributed by atoms with Crippen LogP contribution in [0.4, 0.5) is 5.69 Å². The van der Waals surface area contributed by atoms with Gasteiger partial charge in [0.2, 0.25) is 0 Å². The second kappa shape index (κ2) is 5.96. The highest BCUT2D eigenvalue weighted by Crippen LogP contribution is 2.36. The smallest absolute Gasteiger partial charge is 0.0402 e. The third-order valence-electron chi connectivity index (χ3n) is 4.85. The zero-order valence-electron chi connectivity index (χ0n) is 12.1. The molecule has 1 aliphatic heterocycles. The number of nitrogens with zero attached hydrogens (tertiary/aromatic N) is 1. The molecule has 1 unspecified atom stereocenters. The Morgan fingerprint density at radius 1 is 1.21 bits per heavy atom. The van der Waals surface area contributed by atoms with Crippen molar-refractivity contribution >= 4 is 5.69 Å².